The lowest BCUT2D eigenvalue weighted by molar-refractivity contribution is -0.119. The molecule has 2 N–H and O–H groups in total. The van der Waals surface area contributed by atoms with E-state index < -0.39 is 0 Å². The van der Waals surface area contributed by atoms with Crippen LogP contribution < -0.4 is 10.7 Å². The number of amides is 1. The maximum atomic E-state index is 11.7. The van der Waals surface area contributed by atoms with Crippen LogP contribution in [0.15, 0.2) is 58.5 Å². The zero-order valence-corrected chi connectivity index (χ0v) is 13.5. The van der Waals surface area contributed by atoms with Crippen molar-refractivity contribution < 1.29 is 4.79 Å². The van der Waals surface area contributed by atoms with Crippen LogP contribution in [0.4, 0.5) is 5.69 Å². The zero-order valence-electron chi connectivity index (χ0n) is 12.7. The lowest BCUT2D eigenvalue weighted by atomic mass is 10.2. The van der Waals surface area contributed by atoms with E-state index in [0.717, 1.165) is 16.8 Å². The summed E-state index contributed by atoms with van der Waals surface area (Å²) in [4.78, 5) is 12.9. The lowest BCUT2D eigenvalue weighted by Crippen LogP contribution is -2.26. The molecule has 0 aliphatic heterocycles. The highest BCUT2D eigenvalue weighted by molar-refractivity contribution is 7.98. The van der Waals surface area contributed by atoms with E-state index in [2.05, 4.69) is 15.8 Å². The van der Waals surface area contributed by atoms with Gasteiger partial charge in [0.15, 0.2) is 0 Å². The van der Waals surface area contributed by atoms with Gasteiger partial charge in [-0.25, -0.2) is 5.43 Å². The smallest absolute Gasteiger partial charge is 0.259 e. The average molecular weight is 313 g/mol. The molecular weight excluding hydrogens is 294 g/mol. The molecular formula is C17H19N3OS. The Morgan fingerprint density at radius 3 is 2.59 bits per heavy atom. The predicted octanol–water partition coefficient (Wildman–Crippen LogP) is 3.28. The van der Waals surface area contributed by atoms with E-state index in [1.807, 2.05) is 61.7 Å². The summed E-state index contributed by atoms with van der Waals surface area (Å²) in [5, 5.41) is 7.05. The minimum atomic E-state index is -0.180. The molecule has 2 aromatic rings. The number of hydrogen-bond acceptors (Lipinski definition) is 4. The van der Waals surface area contributed by atoms with Gasteiger partial charge in [0.1, 0.15) is 0 Å². The van der Waals surface area contributed by atoms with Gasteiger partial charge in [-0.15, -0.1) is 11.8 Å². The summed E-state index contributed by atoms with van der Waals surface area (Å²) in [6.45, 7) is 2.18. The van der Waals surface area contributed by atoms with Gasteiger partial charge in [0, 0.05) is 10.6 Å². The second kappa shape index (κ2) is 8.24. The molecule has 0 fully saturated rings. The third kappa shape index (κ3) is 4.93. The number of benzene rings is 2. The van der Waals surface area contributed by atoms with E-state index in [1.54, 1.807) is 18.0 Å². The largest absolute Gasteiger partial charge is 0.376 e. The molecule has 0 spiro atoms. The van der Waals surface area contributed by atoms with Crippen molar-refractivity contribution in [1.29, 1.82) is 0 Å². The number of carbonyl (C=O) groups excluding carboxylic acids is 1. The first kappa shape index (κ1) is 16.1. The number of para-hydroxylation sites is 1. The van der Waals surface area contributed by atoms with Crippen LogP contribution >= 0.6 is 11.8 Å². The topological polar surface area (TPSA) is 53.5 Å². The van der Waals surface area contributed by atoms with Gasteiger partial charge in [0.2, 0.25) is 0 Å². The molecule has 0 bridgehead atoms. The fourth-order valence-corrected chi connectivity index (χ4v) is 2.26. The molecule has 22 heavy (non-hydrogen) atoms. The van der Waals surface area contributed by atoms with Crippen LogP contribution in [-0.2, 0) is 4.79 Å². The van der Waals surface area contributed by atoms with E-state index in [1.165, 1.54) is 4.90 Å². The van der Waals surface area contributed by atoms with E-state index >= 15 is 0 Å². The highest BCUT2D eigenvalue weighted by Crippen LogP contribution is 2.14. The predicted molar refractivity (Wildman–Crippen MR) is 93.6 cm³/mol. The molecule has 4 nitrogen and oxygen atoms in total. The van der Waals surface area contributed by atoms with Crippen LogP contribution in [0.25, 0.3) is 0 Å². The van der Waals surface area contributed by atoms with E-state index in [-0.39, 0.29) is 12.5 Å². The van der Waals surface area contributed by atoms with Gasteiger partial charge in [-0.05, 0) is 42.5 Å². The first-order chi connectivity index (χ1) is 10.7. The summed E-state index contributed by atoms with van der Waals surface area (Å²) in [5.74, 6) is -0.180. The normalized spacial score (nSPS) is 10.6. The summed E-state index contributed by atoms with van der Waals surface area (Å²) in [5.41, 5.74) is 5.52. The lowest BCUT2D eigenvalue weighted by Gasteiger charge is -2.07. The molecule has 0 aliphatic rings. The number of hydrogen-bond donors (Lipinski definition) is 2. The summed E-state index contributed by atoms with van der Waals surface area (Å²) >= 11 is 1.69. The Labute approximate surface area is 135 Å². The Morgan fingerprint density at radius 1 is 1.18 bits per heavy atom. The Hall–Kier alpha value is -2.27. The molecule has 0 saturated heterocycles. The third-order valence-electron chi connectivity index (χ3n) is 3.10. The molecule has 0 heterocycles. The molecule has 2 rings (SSSR count). The molecule has 5 heteroatoms. The van der Waals surface area contributed by atoms with Crippen molar-refractivity contribution in [1.82, 2.24) is 5.43 Å². The van der Waals surface area contributed by atoms with E-state index in [0.29, 0.717) is 0 Å². The number of hydrazone groups is 1. The van der Waals surface area contributed by atoms with E-state index in [4.69, 9.17) is 0 Å². The van der Waals surface area contributed by atoms with Gasteiger partial charge in [-0.2, -0.15) is 5.10 Å². The SMILES string of the molecule is CSc1ccc(/C=N/NC(=O)CNc2ccccc2C)cc1. The zero-order chi connectivity index (χ0) is 15.8. The van der Waals surface area contributed by atoms with Crippen LogP contribution in [0.3, 0.4) is 0 Å². The summed E-state index contributed by atoms with van der Waals surface area (Å²) in [6, 6.07) is 15.8. The standard InChI is InChI=1S/C17H19N3OS/c1-13-5-3-4-6-16(13)18-12-17(21)20-19-11-14-7-9-15(22-2)10-8-14/h3-11,18H,12H2,1-2H3,(H,20,21)/b19-11+. The third-order valence-corrected chi connectivity index (χ3v) is 3.85. The quantitative estimate of drug-likeness (QED) is 0.489. The van der Waals surface area contributed by atoms with Gasteiger partial charge in [0.25, 0.3) is 5.91 Å². The molecule has 0 atom stereocenters. The number of thioether (sulfide) groups is 1. The van der Waals surface area contributed by atoms with Crippen LogP contribution in [0.5, 0.6) is 0 Å². The highest BCUT2D eigenvalue weighted by Gasteiger charge is 2.01. The molecule has 0 saturated carbocycles. The Kier molecular flexibility index (Phi) is 6.03. The van der Waals surface area contributed by atoms with Crippen LogP contribution in [-0.4, -0.2) is 24.9 Å². The average Bonchev–Trinajstić information content (AvgIpc) is 2.55. The molecule has 0 radical (unpaired) electrons. The number of nitrogens with zero attached hydrogens (tertiary/aromatic N) is 1. The second-order valence-corrected chi connectivity index (χ2v) is 5.61. The second-order valence-electron chi connectivity index (χ2n) is 4.73. The molecule has 0 aromatic heterocycles. The molecule has 0 aliphatic carbocycles. The Morgan fingerprint density at radius 2 is 1.91 bits per heavy atom. The fourth-order valence-electron chi connectivity index (χ4n) is 1.86. The fraction of sp³-hybridized carbons (Fsp3) is 0.176. The monoisotopic (exact) mass is 313 g/mol. The minimum Gasteiger partial charge on any atom is -0.376 e. The molecule has 1 amide bonds. The maximum Gasteiger partial charge on any atom is 0.259 e. The first-order valence-corrected chi connectivity index (χ1v) is 8.17. The van der Waals surface area contributed by atoms with Gasteiger partial charge in [-0.3, -0.25) is 4.79 Å². The number of rotatable bonds is 6. The summed E-state index contributed by atoms with van der Waals surface area (Å²) in [6.07, 6.45) is 3.67. The number of nitrogens with one attached hydrogen (secondary N) is 2. The van der Waals surface area contributed by atoms with Gasteiger partial charge in [0.05, 0.1) is 12.8 Å². The first-order valence-electron chi connectivity index (χ1n) is 6.94. The van der Waals surface area contributed by atoms with Crippen molar-refractivity contribution in [3.8, 4) is 0 Å². The van der Waals surface area contributed by atoms with Crippen molar-refractivity contribution in [2.45, 2.75) is 11.8 Å². The Bertz CT molecular complexity index is 653. The van der Waals surface area contributed by atoms with Gasteiger partial charge in [-0.1, -0.05) is 30.3 Å². The molecule has 114 valence electrons. The van der Waals surface area contributed by atoms with Crippen LogP contribution in [0.2, 0.25) is 0 Å². The highest BCUT2D eigenvalue weighted by atomic mass is 32.2. The van der Waals surface area contributed by atoms with Crippen molar-refractivity contribution in [3.05, 3.63) is 59.7 Å². The molecule has 2 aromatic carbocycles. The van der Waals surface area contributed by atoms with Crippen molar-refractivity contribution in [2.24, 2.45) is 5.10 Å². The van der Waals surface area contributed by atoms with Crippen molar-refractivity contribution in [2.75, 3.05) is 18.1 Å². The number of anilines is 1. The van der Waals surface area contributed by atoms with Crippen LogP contribution in [0, 0.1) is 6.92 Å². The number of aryl methyl sites for hydroxylation is 1. The summed E-state index contributed by atoms with van der Waals surface area (Å²) < 4.78 is 0. The van der Waals surface area contributed by atoms with Gasteiger partial charge >= 0.3 is 0 Å². The minimum absolute atomic E-state index is 0.180. The summed E-state index contributed by atoms with van der Waals surface area (Å²) in [7, 11) is 0. The Balaban J connectivity index is 1.79. The van der Waals surface area contributed by atoms with Gasteiger partial charge < -0.3 is 5.32 Å². The van der Waals surface area contributed by atoms with Crippen molar-refractivity contribution in [3.63, 3.8) is 0 Å². The number of carbonyl (C=O) groups is 1. The van der Waals surface area contributed by atoms with Crippen LogP contribution in [0.1, 0.15) is 11.1 Å². The molecule has 0 unspecified atom stereocenters. The van der Waals surface area contributed by atoms with Crippen molar-refractivity contribution >= 4 is 29.6 Å². The maximum absolute atomic E-state index is 11.7. The van der Waals surface area contributed by atoms with E-state index in [9.17, 15) is 4.79 Å².